The average Bonchev–Trinajstić information content (AvgIpc) is 2.81. The van der Waals surface area contributed by atoms with Crippen LogP contribution in [0.15, 0.2) is 22.0 Å². The zero-order valence-electron chi connectivity index (χ0n) is 10.9. The van der Waals surface area contributed by atoms with Crippen molar-refractivity contribution in [2.24, 2.45) is 0 Å². The van der Waals surface area contributed by atoms with Crippen LogP contribution in [0.1, 0.15) is 23.7 Å². The number of aryl methyl sites for hydroxylation is 2. The van der Waals surface area contributed by atoms with Crippen molar-refractivity contribution in [1.29, 1.82) is 0 Å². The third-order valence-corrected chi connectivity index (χ3v) is 4.98. The molecule has 0 aliphatic heterocycles. The van der Waals surface area contributed by atoms with Crippen molar-refractivity contribution in [3.8, 4) is 10.6 Å². The van der Waals surface area contributed by atoms with E-state index >= 15 is 0 Å². The minimum atomic E-state index is 0.849. The van der Waals surface area contributed by atoms with E-state index in [0.717, 1.165) is 23.8 Å². The largest absolute Gasteiger partial charge is 0.311 e. The second-order valence-corrected chi connectivity index (χ2v) is 6.00. The molecule has 0 radical (unpaired) electrons. The van der Waals surface area contributed by atoms with Crippen molar-refractivity contribution in [2.45, 2.75) is 27.3 Å². The molecule has 1 N–H and O–H groups in total. The molecule has 1 heterocycles. The SMILES string of the molecule is CCNCc1csc(-c2cc(C)c(Br)c(C)c2)n1. The van der Waals surface area contributed by atoms with Crippen molar-refractivity contribution >= 4 is 27.3 Å². The lowest BCUT2D eigenvalue weighted by atomic mass is 10.1. The highest BCUT2D eigenvalue weighted by atomic mass is 79.9. The molecule has 0 aliphatic rings. The molecule has 2 aromatic rings. The number of halogens is 1. The highest BCUT2D eigenvalue weighted by Gasteiger charge is 2.08. The van der Waals surface area contributed by atoms with E-state index in [2.05, 4.69) is 64.5 Å². The molecule has 1 aromatic heterocycles. The van der Waals surface area contributed by atoms with Gasteiger partial charge in [0.15, 0.2) is 0 Å². The molecule has 0 bridgehead atoms. The van der Waals surface area contributed by atoms with Gasteiger partial charge in [-0.2, -0.15) is 0 Å². The second-order valence-electron chi connectivity index (χ2n) is 4.35. The zero-order chi connectivity index (χ0) is 13.1. The molecule has 0 aliphatic carbocycles. The summed E-state index contributed by atoms with van der Waals surface area (Å²) in [6.07, 6.45) is 0. The van der Waals surface area contributed by atoms with Crippen LogP contribution in [0.25, 0.3) is 10.6 Å². The van der Waals surface area contributed by atoms with E-state index < -0.39 is 0 Å². The van der Waals surface area contributed by atoms with Gasteiger partial charge in [0.05, 0.1) is 5.69 Å². The fourth-order valence-electron chi connectivity index (χ4n) is 1.84. The van der Waals surface area contributed by atoms with Gasteiger partial charge in [-0.15, -0.1) is 11.3 Å². The highest BCUT2D eigenvalue weighted by Crippen LogP contribution is 2.30. The Labute approximate surface area is 121 Å². The molecular formula is C14H17BrN2S. The monoisotopic (exact) mass is 324 g/mol. The lowest BCUT2D eigenvalue weighted by Gasteiger charge is -2.05. The molecule has 2 nitrogen and oxygen atoms in total. The standard InChI is InChI=1S/C14H17BrN2S/c1-4-16-7-12-8-18-14(17-12)11-5-9(2)13(15)10(3)6-11/h5-6,8,16H,4,7H2,1-3H3. The molecule has 0 saturated heterocycles. The number of aromatic nitrogens is 1. The fraction of sp³-hybridized carbons (Fsp3) is 0.357. The van der Waals surface area contributed by atoms with Crippen molar-refractivity contribution in [3.63, 3.8) is 0 Å². The summed E-state index contributed by atoms with van der Waals surface area (Å²) in [4.78, 5) is 4.67. The summed E-state index contributed by atoms with van der Waals surface area (Å²) in [5, 5.41) is 6.53. The minimum Gasteiger partial charge on any atom is -0.311 e. The number of nitrogens with zero attached hydrogens (tertiary/aromatic N) is 1. The van der Waals surface area contributed by atoms with E-state index in [1.54, 1.807) is 11.3 Å². The van der Waals surface area contributed by atoms with Gasteiger partial charge < -0.3 is 5.32 Å². The summed E-state index contributed by atoms with van der Waals surface area (Å²) in [6.45, 7) is 8.17. The molecular weight excluding hydrogens is 308 g/mol. The lowest BCUT2D eigenvalue weighted by Crippen LogP contribution is -2.11. The summed E-state index contributed by atoms with van der Waals surface area (Å²) in [7, 11) is 0. The summed E-state index contributed by atoms with van der Waals surface area (Å²) in [5.41, 5.74) is 4.85. The molecule has 0 atom stereocenters. The molecule has 96 valence electrons. The first-order chi connectivity index (χ1) is 8.61. The molecule has 0 unspecified atom stereocenters. The summed E-state index contributed by atoms with van der Waals surface area (Å²) in [5.74, 6) is 0. The maximum Gasteiger partial charge on any atom is 0.123 e. The van der Waals surface area contributed by atoms with Crippen LogP contribution in [0.4, 0.5) is 0 Å². The number of hydrogen-bond donors (Lipinski definition) is 1. The number of rotatable bonds is 4. The molecule has 0 fully saturated rings. The van der Waals surface area contributed by atoms with Gasteiger partial charge in [0.1, 0.15) is 5.01 Å². The van der Waals surface area contributed by atoms with Gasteiger partial charge in [0, 0.05) is 22.0 Å². The Morgan fingerprint density at radius 2 is 1.94 bits per heavy atom. The quantitative estimate of drug-likeness (QED) is 0.907. The van der Waals surface area contributed by atoms with Crippen LogP contribution in [0, 0.1) is 13.8 Å². The second kappa shape index (κ2) is 5.95. The van der Waals surface area contributed by atoms with E-state index in [-0.39, 0.29) is 0 Å². The normalized spacial score (nSPS) is 10.9. The van der Waals surface area contributed by atoms with E-state index in [1.165, 1.54) is 21.2 Å². The number of benzene rings is 1. The van der Waals surface area contributed by atoms with Crippen molar-refractivity contribution in [2.75, 3.05) is 6.54 Å². The topological polar surface area (TPSA) is 24.9 Å². The molecule has 0 saturated carbocycles. The van der Waals surface area contributed by atoms with Crippen LogP contribution in [0.2, 0.25) is 0 Å². The van der Waals surface area contributed by atoms with Gasteiger partial charge in [-0.1, -0.05) is 22.9 Å². The van der Waals surface area contributed by atoms with Crippen LogP contribution in [-0.2, 0) is 6.54 Å². The van der Waals surface area contributed by atoms with Crippen LogP contribution in [-0.4, -0.2) is 11.5 Å². The number of nitrogens with one attached hydrogen (secondary N) is 1. The number of hydrogen-bond acceptors (Lipinski definition) is 3. The fourth-order valence-corrected chi connectivity index (χ4v) is 2.88. The summed E-state index contributed by atoms with van der Waals surface area (Å²) < 4.78 is 1.19. The lowest BCUT2D eigenvalue weighted by molar-refractivity contribution is 0.715. The molecule has 0 amide bonds. The predicted octanol–water partition coefficient (Wildman–Crippen LogP) is 4.30. The van der Waals surface area contributed by atoms with Crippen LogP contribution >= 0.6 is 27.3 Å². The Balaban J connectivity index is 2.28. The van der Waals surface area contributed by atoms with Gasteiger partial charge in [-0.25, -0.2) is 4.98 Å². The maximum absolute atomic E-state index is 4.67. The Hall–Kier alpha value is -0.710. The first-order valence-electron chi connectivity index (χ1n) is 6.04. The predicted molar refractivity (Wildman–Crippen MR) is 82.1 cm³/mol. The van der Waals surface area contributed by atoms with E-state index in [4.69, 9.17) is 0 Å². The van der Waals surface area contributed by atoms with Gasteiger partial charge in [0.25, 0.3) is 0 Å². The number of thiazole rings is 1. The zero-order valence-corrected chi connectivity index (χ0v) is 13.3. The van der Waals surface area contributed by atoms with Crippen LogP contribution in [0.5, 0.6) is 0 Å². The average molecular weight is 325 g/mol. The van der Waals surface area contributed by atoms with E-state index in [1.807, 2.05) is 0 Å². The smallest absolute Gasteiger partial charge is 0.123 e. The third kappa shape index (κ3) is 2.99. The van der Waals surface area contributed by atoms with Crippen LogP contribution < -0.4 is 5.32 Å². The van der Waals surface area contributed by atoms with E-state index in [9.17, 15) is 0 Å². The first-order valence-corrected chi connectivity index (χ1v) is 7.71. The highest BCUT2D eigenvalue weighted by molar-refractivity contribution is 9.10. The van der Waals surface area contributed by atoms with E-state index in [0.29, 0.717) is 0 Å². The van der Waals surface area contributed by atoms with Gasteiger partial charge in [-0.3, -0.25) is 0 Å². The molecule has 18 heavy (non-hydrogen) atoms. The minimum absolute atomic E-state index is 0.849. The Kier molecular flexibility index (Phi) is 4.54. The Morgan fingerprint density at radius 1 is 1.28 bits per heavy atom. The third-order valence-electron chi connectivity index (χ3n) is 2.79. The molecule has 0 spiro atoms. The van der Waals surface area contributed by atoms with Gasteiger partial charge in [-0.05, 0) is 43.7 Å². The Bertz CT molecular complexity index is 525. The van der Waals surface area contributed by atoms with Gasteiger partial charge >= 0.3 is 0 Å². The van der Waals surface area contributed by atoms with Crippen molar-refractivity contribution < 1.29 is 0 Å². The molecule has 2 rings (SSSR count). The summed E-state index contributed by atoms with van der Waals surface area (Å²) in [6, 6.07) is 4.37. The maximum atomic E-state index is 4.67. The van der Waals surface area contributed by atoms with Crippen molar-refractivity contribution in [1.82, 2.24) is 10.3 Å². The molecule has 1 aromatic carbocycles. The molecule has 4 heteroatoms. The summed E-state index contributed by atoms with van der Waals surface area (Å²) >= 11 is 5.31. The van der Waals surface area contributed by atoms with Crippen molar-refractivity contribution in [3.05, 3.63) is 38.8 Å². The first kappa shape index (κ1) is 13.7. The Morgan fingerprint density at radius 3 is 2.56 bits per heavy atom. The van der Waals surface area contributed by atoms with Crippen LogP contribution in [0.3, 0.4) is 0 Å². The van der Waals surface area contributed by atoms with Gasteiger partial charge in [0.2, 0.25) is 0 Å².